The Balaban J connectivity index is 2.46. The number of carbonyl (C=O) groups is 4. The van der Waals surface area contributed by atoms with Gasteiger partial charge < -0.3 is 14.6 Å². The summed E-state index contributed by atoms with van der Waals surface area (Å²) < 4.78 is 5.22. The van der Waals surface area contributed by atoms with Gasteiger partial charge >= 0.3 is 11.9 Å². The van der Waals surface area contributed by atoms with Crippen LogP contribution in [0.1, 0.15) is 68.0 Å². The number of carboxylic acid groups (broad SMARTS) is 2. The van der Waals surface area contributed by atoms with Crippen molar-refractivity contribution in [3.8, 4) is 0 Å². The molecule has 0 aliphatic carbocycles. The number of hydrogen-bond donors (Lipinski definition) is 3. The summed E-state index contributed by atoms with van der Waals surface area (Å²) in [6.45, 7) is 1.33. The van der Waals surface area contributed by atoms with Crippen LogP contribution in [-0.2, 0) is 14.4 Å². The molecule has 0 unspecified atom stereocenters. The number of imide groups is 1. The van der Waals surface area contributed by atoms with Gasteiger partial charge in [-0.1, -0.05) is 38.0 Å². The Bertz CT molecular complexity index is 897. The summed E-state index contributed by atoms with van der Waals surface area (Å²) in [5, 5.41) is 19.3. The number of carbonyl (C=O) groups excluding carboxylic acids is 2. The minimum absolute atomic E-state index is 0.199. The van der Waals surface area contributed by atoms with Gasteiger partial charge in [-0.3, -0.25) is 29.3 Å². The number of nitrogens with one attached hydrogen (secondary N) is 1. The van der Waals surface area contributed by atoms with Crippen molar-refractivity contribution >= 4 is 29.8 Å². The molecule has 9 nitrogen and oxygen atoms in total. The average Bonchev–Trinajstić information content (AvgIpc) is 2.68. The number of unbranched alkanes of at least 4 members (excludes halogenated alkanes) is 4. The van der Waals surface area contributed by atoms with Crippen LogP contribution in [0.25, 0.3) is 6.08 Å². The molecule has 168 valence electrons. The van der Waals surface area contributed by atoms with Crippen molar-refractivity contribution in [3.63, 3.8) is 0 Å². The molecule has 2 amide bonds. The van der Waals surface area contributed by atoms with Gasteiger partial charge in [-0.05, 0) is 25.3 Å². The van der Waals surface area contributed by atoms with E-state index < -0.39 is 35.1 Å². The van der Waals surface area contributed by atoms with Gasteiger partial charge in [-0.25, -0.2) is 0 Å². The summed E-state index contributed by atoms with van der Waals surface area (Å²) in [4.78, 5) is 56.9. The fourth-order valence-corrected chi connectivity index (χ4v) is 2.51. The number of rotatable bonds is 13. The zero-order valence-corrected chi connectivity index (χ0v) is 17.3. The molecule has 1 atom stereocenters. The summed E-state index contributed by atoms with van der Waals surface area (Å²) >= 11 is 0. The lowest BCUT2D eigenvalue weighted by Gasteiger charge is -2.06. The number of carboxylic acids is 2. The van der Waals surface area contributed by atoms with Crippen molar-refractivity contribution in [2.45, 2.75) is 51.9 Å². The first-order valence-corrected chi connectivity index (χ1v) is 9.95. The highest BCUT2D eigenvalue weighted by atomic mass is 16.4. The van der Waals surface area contributed by atoms with E-state index in [1.54, 1.807) is 18.2 Å². The van der Waals surface area contributed by atoms with Gasteiger partial charge in [0.15, 0.2) is 5.43 Å². The standard InChI is InChI=1S/C22H27NO8/c1-15(22(29)30)12-19(25)23-21(28)17-14-31-16(13-18(17)24)10-8-6-4-2-3-5-7-9-11-20(26)27/h4,6,8,10,13-15H,2-3,5,7,9,11-12H2,1H3,(H,26,27)(H,29,30)(H,23,25,28)/t15-/m0/s1. The predicted molar refractivity (Wildman–Crippen MR) is 112 cm³/mol. The molecule has 1 aromatic heterocycles. The number of aliphatic carboxylic acids is 2. The zero-order valence-electron chi connectivity index (χ0n) is 17.3. The highest BCUT2D eigenvalue weighted by Gasteiger charge is 2.19. The first-order valence-electron chi connectivity index (χ1n) is 9.95. The van der Waals surface area contributed by atoms with Gasteiger partial charge in [0, 0.05) is 18.9 Å². The highest BCUT2D eigenvalue weighted by molar-refractivity contribution is 6.04. The van der Waals surface area contributed by atoms with E-state index in [0.29, 0.717) is 6.42 Å². The third-order valence-corrected chi connectivity index (χ3v) is 4.28. The third kappa shape index (κ3) is 10.7. The molecule has 0 bridgehead atoms. The second-order valence-electron chi connectivity index (χ2n) is 7.01. The fraction of sp³-hybridized carbons (Fsp3) is 0.409. The molecule has 9 heteroatoms. The van der Waals surface area contributed by atoms with E-state index >= 15 is 0 Å². The van der Waals surface area contributed by atoms with Crippen LogP contribution < -0.4 is 10.7 Å². The first-order chi connectivity index (χ1) is 14.7. The summed E-state index contributed by atoms with van der Waals surface area (Å²) in [5.41, 5.74) is -0.986. The summed E-state index contributed by atoms with van der Waals surface area (Å²) in [5.74, 6) is -4.41. The Kier molecular flexibility index (Phi) is 11.3. The Labute approximate surface area is 179 Å². The van der Waals surface area contributed by atoms with Crippen molar-refractivity contribution in [2.24, 2.45) is 5.92 Å². The van der Waals surface area contributed by atoms with E-state index in [1.807, 2.05) is 11.4 Å². The second kappa shape index (κ2) is 13.7. The maximum absolute atomic E-state index is 12.1. The predicted octanol–water partition coefficient (Wildman–Crippen LogP) is 3.00. The van der Waals surface area contributed by atoms with E-state index in [-0.39, 0.29) is 24.2 Å². The molecule has 0 spiro atoms. The van der Waals surface area contributed by atoms with E-state index in [4.69, 9.17) is 14.6 Å². The summed E-state index contributed by atoms with van der Waals surface area (Å²) in [6.07, 6.45) is 12.0. The molecule has 0 fully saturated rings. The number of allylic oxidation sites excluding steroid dienone is 3. The smallest absolute Gasteiger partial charge is 0.306 e. The minimum Gasteiger partial charge on any atom is -0.481 e. The van der Waals surface area contributed by atoms with Gasteiger partial charge in [0.2, 0.25) is 5.91 Å². The Hall–Kier alpha value is -3.49. The van der Waals surface area contributed by atoms with Crippen LogP contribution in [0.5, 0.6) is 0 Å². The van der Waals surface area contributed by atoms with Crippen molar-refractivity contribution in [1.29, 1.82) is 0 Å². The number of amides is 2. The van der Waals surface area contributed by atoms with Crippen LogP contribution >= 0.6 is 0 Å². The monoisotopic (exact) mass is 433 g/mol. The van der Waals surface area contributed by atoms with Crippen LogP contribution in [0.3, 0.4) is 0 Å². The van der Waals surface area contributed by atoms with Gasteiger partial charge in [-0.2, -0.15) is 0 Å². The van der Waals surface area contributed by atoms with Crippen molar-refractivity contribution in [1.82, 2.24) is 5.32 Å². The van der Waals surface area contributed by atoms with Crippen molar-refractivity contribution in [2.75, 3.05) is 0 Å². The van der Waals surface area contributed by atoms with E-state index in [0.717, 1.165) is 38.0 Å². The molecule has 1 rings (SSSR count). The first kappa shape index (κ1) is 25.5. The maximum Gasteiger partial charge on any atom is 0.306 e. The SMILES string of the molecule is C[C@@H](CC(=O)NC(=O)c1coc(C=CC=CCCCCCCC(=O)O)cc1=O)C(=O)O. The van der Waals surface area contributed by atoms with E-state index in [9.17, 15) is 24.0 Å². The molecule has 0 saturated carbocycles. The third-order valence-electron chi connectivity index (χ3n) is 4.28. The van der Waals surface area contributed by atoms with Gasteiger partial charge in [0.05, 0.1) is 5.92 Å². The summed E-state index contributed by atoms with van der Waals surface area (Å²) in [7, 11) is 0. The molecule has 0 aliphatic rings. The zero-order chi connectivity index (χ0) is 23.2. The molecule has 31 heavy (non-hydrogen) atoms. The van der Waals surface area contributed by atoms with Crippen LogP contribution in [0.4, 0.5) is 0 Å². The minimum atomic E-state index is -1.16. The highest BCUT2D eigenvalue weighted by Crippen LogP contribution is 2.07. The van der Waals surface area contributed by atoms with E-state index in [1.165, 1.54) is 6.92 Å². The normalized spacial score (nSPS) is 12.2. The van der Waals surface area contributed by atoms with Crippen LogP contribution in [-0.4, -0.2) is 34.0 Å². The maximum atomic E-state index is 12.1. The molecule has 0 aromatic carbocycles. The van der Waals surface area contributed by atoms with Crippen LogP contribution in [0.2, 0.25) is 0 Å². The fourth-order valence-electron chi connectivity index (χ4n) is 2.51. The second-order valence-corrected chi connectivity index (χ2v) is 7.01. The van der Waals surface area contributed by atoms with Crippen LogP contribution in [0.15, 0.2) is 39.8 Å². The van der Waals surface area contributed by atoms with Gasteiger partial charge in [-0.15, -0.1) is 0 Å². The molecular weight excluding hydrogens is 406 g/mol. The lowest BCUT2D eigenvalue weighted by atomic mass is 10.1. The lowest BCUT2D eigenvalue weighted by Crippen LogP contribution is -2.35. The molecule has 1 aromatic rings. The Morgan fingerprint density at radius 2 is 1.81 bits per heavy atom. The van der Waals surface area contributed by atoms with Gasteiger partial charge in [0.1, 0.15) is 17.6 Å². The molecule has 0 saturated heterocycles. The largest absolute Gasteiger partial charge is 0.481 e. The lowest BCUT2D eigenvalue weighted by molar-refractivity contribution is -0.143. The van der Waals surface area contributed by atoms with E-state index in [2.05, 4.69) is 0 Å². The Morgan fingerprint density at radius 1 is 1.10 bits per heavy atom. The molecule has 1 heterocycles. The summed E-state index contributed by atoms with van der Waals surface area (Å²) in [6, 6.07) is 1.12. The molecule has 3 N–H and O–H groups in total. The van der Waals surface area contributed by atoms with Gasteiger partial charge in [0.25, 0.3) is 5.91 Å². The Morgan fingerprint density at radius 3 is 2.45 bits per heavy atom. The molecule has 0 radical (unpaired) electrons. The van der Waals surface area contributed by atoms with Crippen molar-refractivity contribution < 1.29 is 33.8 Å². The molecule has 0 aliphatic heterocycles. The molecular formula is C22H27NO8. The topological polar surface area (TPSA) is 151 Å². The van der Waals surface area contributed by atoms with Crippen LogP contribution in [0, 0.1) is 5.92 Å². The average molecular weight is 433 g/mol. The van der Waals surface area contributed by atoms with Crippen molar-refractivity contribution in [3.05, 3.63) is 52.1 Å². The number of hydrogen-bond acceptors (Lipinski definition) is 6. The quantitative estimate of drug-likeness (QED) is 0.317.